The first-order chi connectivity index (χ1) is 18.8. The Morgan fingerprint density at radius 3 is 2.38 bits per heavy atom. The van der Waals surface area contributed by atoms with E-state index in [1.54, 1.807) is 33.5 Å². The molecule has 11 nitrogen and oxygen atoms in total. The first kappa shape index (κ1) is 29.9. The summed E-state index contributed by atoms with van der Waals surface area (Å²) >= 11 is 9.72. The van der Waals surface area contributed by atoms with Gasteiger partial charge in [-0.05, 0) is 67.7 Å². The van der Waals surface area contributed by atoms with E-state index in [1.807, 2.05) is 20.8 Å². The van der Waals surface area contributed by atoms with Crippen molar-refractivity contribution in [3.8, 4) is 0 Å². The van der Waals surface area contributed by atoms with Gasteiger partial charge in [-0.15, -0.1) is 0 Å². The van der Waals surface area contributed by atoms with E-state index >= 15 is 0 Å². The monoisotopic (exact) mass is 636 g/mol. The van der Waals surface area contributed by atoms with Crippen LogP contribution in [0.3, 0.4) is 0 Å². The molecule has 216 valence electrons. The van der Waals surface area contributed by atoms with E-state index in [4.69, 9.17) is 16.3 Å². The van der Waals surface area contributed by atoms with Crippen molar-refractivity contribution in [2.45, 2.75) is 39.2 Å². The Hall–Kier alpha value is -3.12. The van der Waals surface area contributed by atoms with E-state index in [2.05, 4.69) is 31.5 Å². The average Bonchev–Trinajstić information content (AvgIpc) is 3.19. The average molecular weight is 638 g/mol. The summed E-state index contributed by atoms with van der Waals surface area (Å²) in [7, 11) is 1.71. The van der Waals surface area contributed by atoms with Gasteiger partial charge >= 0.3 is 6.09 Å². The number of imidazole rings is 1. The van der Waals surface area contributed by atoms with E-state index in [1.165, 1.54) is 12.3 Å². The topological polar surface area (TPSA) is 126 Å². The fourth-order valence-electron chi connectivity index (χ4n) is 4.63. The molecule has 0 aliphatic carbocycles. The molecule has 0 atom stereocenters. The van der Waals surface area contributed by atoms with Crippen molar-refractivity contribution in [3.05, 3.63) is 45.4 Å². The number of likely N-dealkylation sites (tertiary alicyclic amines) is 2. The molecule has 0 radical (unpaired) electrons. The maximum Gasteiger partial charge on any atom is 0.410 e. The fraction of sp³-hybridized carbons (Fsp3) is 0.519. The molecule has 2 N–H and O–H groups in total. The smallest absolute Gasteiger partial charge is 0.410 e. The normalized spacial score (nSPS) is 16.4. The number of rotatable bonds is 6. The van der Waals surface area contributed by atoms with Crippen LogP contribution >= 0.6 is 27.5 Å². The van der Waals surface area contributed by atoms with Gasteiger partial charge in [0.15, 0.2) is 5.82 Å². The maximum absolute atomic E-state index is 13.1. The summed E-state index contributed by atoms with van der Waals surface area (Å²) in [6.45, 7) is 8.00. The van der Waals surface area contributed by atoms with Crippen LogP contribution in [0.25, 0.3) is 0 Å². The van der Waals surface area contributed by atoms with Crippen LogP contribution in [0.4, 0.5) is 10.5 Å². The highest BCUT2D eigenvalue weighted by Gasteiger charge is 2.35. The number of hydrogen-bond donors (Lipinski definition) is 2. The Kier molecular flexibility index (Phi) is 9.09. The zero-order valence-corrected chi connectivity index (χ0v) is 25.3. The summed E-state index contributed by atoms with van der Waals surface area (Å²) in [6, 6.07) is 4.75. The largest absolute Gasteiger partial charge is 0.444 e. The number of hydrogen-bond acceptors (Lipinski definition) is 6. The highest BCUT2D eigenvalue weighted by Crippen LogP contribution is 2.26. The van der Waals surface area contributed by atoms with Crippen molar-refractivity contribution < 1.29 is 23.9 Å². The summed E-state index contributed by atoms with van der Waals surface area (Å²) in [5.74, 6) is -0.386. The first-order valence-electron chi connectivity index (χ1n) is 13.2. The highest BCUT2D eigenvalue weighted by molar-refractivity contribution is 9.10. The molecule has 4 rings (SSSR count). The molecule has 3 heterocycles. The number of nitrogens with zero attached hydrogens (tertiary/aromatic N) is 4. The van der Waals surface area contributed by atoms with E-state index in [-0.39, 0.29) is 40.6 Å². The predicted molar refractivity (Wildman–Crippen MR) is 153 cm³/mol. The van der Waals surface area contributed by atoms with E-state index < -0.39 is 11.5 Å². The van der Waals surface area contributed by atoms with Crippen LogP contribution < -0.4 is 10.6 Å². The van der Waals surface area contributed by atoms with E-state index in [0.717, 1.165) is 0 Å². The molecule has 0 unspecified atom stereocenters. The highest BCUT2D eigenvalue weighted by atomic mass is 79.9. The van der Waals surface area contributed by atoms with Gasteiger partial charge in [-0.1, -0.05) is 11.6 Å². The van der Waals surface area contributed by atoms with Crippen molar-refractivity contribution in [3.63, 3.8) is 0 Å². The Bertz CT molecular complexity index is 1290. The Morgan fingerprint density at radius 2 is 1.80 bits per heavy atom. The molecule has 2 saturated heterocycles. The van der Waals surface area contributed by atoms with Crippen LogP contribution in [0.15, 0.2) is 29.0 Å². The van der Waals surface area contributed by atoms with Crippen LogP contribution in [0, 0.1) is 11.8 Å². The number of halogens is 2. The number of piperidine rings is 1. The molecule has 2 fully saturated rings. The van der Waals surface area contributed by atoms with Crippen LogP contribution in [-0.2, 0) is 16.6 Å². The molecule has 0 bridgehead atoms. The molecular weight excluding hydrogens is 604 g/mol. The zero-order valence-electron chi connectivity index (χ0n) is 23.0. The molecular formula is C27H34BrClN6O5. The molecule has 1 aromatic heterocycles. The second kappa shape index (κ2) is 12.2. The van der Waals surface area contributed by atoms with Crippen molar-refractivity contribution >= 4 is 57.0 Å². The summed E-state index contributed by atoms with van der Waals surface area (Å²) in [6.07, 6.45) is 2.31. The summed E-state index contributed by atoms with van der Waals surface area (Å²) < 4.78 is 7.63. The summed E-state index contributed by atoms with van der Waals surface area (Å²) in [5, 5.41) is 5.97. The summed E-state index contributed by atoms with van der Waals surface area (Å²) in [5.41, 5.74) is 0.251. The lowest BCUT2D eigenvalue weighted by atomic mass is 9.94. The van der Waals surface area contributed by atoms with E-state index in [9.17, 15) is 19.2 Å². The molecule has 1 aromatic carbocycles. The second-order valence-electron chi connectivity index (χ2n) is 11.2. The van der Waals surface area contributed by atoms with Crippen molar-refractivity contribution in [2.75, 3.05) is 38.0 Å². The quantitative estimate of drug-likeness (QED) is 0.495. The Morgan fingerprint density at radius 1 is 1.12 bits per heavy atom. The first-order valence-corrected chi connectivity index (χ1v) is 14.3. The molecule has 4 amide bonds. The SMILES string of the molecule is Cn1c(Br)cnc1C(=O)Nc1ccc(C(=O)N2CCC(C(=O)NCC3CN(C(=O)OC(C)(C)C)C3)CC2)c(Cl)c1. The molecule has 0 saturated carbocycles. The van der Waals surface area contributed by atoms with Crippen LogP contribution in [-0.4, -0.2) is 81.5 Å². The molecule has 2 aromatic rings. The van der Waals surface area contributed by atoms with Crippen LogP contribution in [0.1, 0.15) is 54.6 Å². The van der Waals surface area contributed by atoms with Gasteiger partial charge in [-0.2, -0.15) is 0 Å². The third-order valence-corrected chi connectivity index (χ3v) is 7.97. The minimum absolute atomic E-state index is 0.0271. The number of amides is 4. The van der Waals surface area contributed by atoms with Gasteiger partial charge < -0.3 is 29.7 Å². The lowest BCUT2D eigenvalue weighted by molar-refractivity contribution is -0.126. The van der Waals surface area contributed by atoms with Gasteiger partial charge in [0.1, 0.15) is 10.2 Å². The number of benzene rings is 1. The molecule has 2 aliphatic heterocycles. The minimum atomic E-state index is -0.530. The Balaban J connectivity index is 1.21. The maximum atomic E-state index is 13.1. The van der Waals surface area contributed by atoms with Crippen LogP contribution in [0.2, 0.25) is 5.02 Å². The number of nitrogens with one attached hydrogen (secondary N) is 2. The summed E-state index contributed by atoms with van der Waals surface area (Å²) in [4.78, 5) is 57.8. The van der Waals surface area contributed by atoms with Crippen molar-refractivity contribution in [2.24, 2.45) is 18.9 Å². The van der Waals surface area contributed by atoms with Gasteiger partial charge in [0, 0.05) is 57.3 Å². The van der Waals surface area contributed by atoms with Crippen LogP contribution in [0.5, 0.6) is 0 Å². The number of aromatic nitrogens is 2. The van der Waals surface area contributed by atoms with Crippen molar-refractivity contribution in [1.82, 2.24) is 24.7 Å². The molecule has 13 heteroatoms. The van der Waals surface area contributed by atoms with Gasteiger partial charge in [0.25, 0.3) is 11.8 Å². The van der Waals surface area contributed by atoms with E-state index in [0.29, 0.717) is 61.4 Å². The Labute approximate surface area is 246 Å². The lowest BCUT2D eigenvalue weighted by Crippen LogP contribution is -2.55. The number of carbonyl (C=O) groups excluding carboxylic acids is 4. The second-order valence-corrected chi connectivity index (χ2v) is 12.4. The fourth-order valence-corrected chi connectivity index (χ4v) is 5.16. The third kappa shape index (κ3) is 7.14. The van der Waals surface area contributed by atoms with Gasteiger partial charge in [0.2, 0.25) is 5.91 Å². The third-order valence-electron chi connectivity index (χ3n) is 6.92. The molecule has 0 spiro atoms. The number of anilines is 1. The van der Waals surface area contributed by atoms with Gasteiger partial charge in [-0.3, -0.25) is 14.4 Å². The number of ether oxygens (including phenoxy) is 1. The van der Waals surface area contributed by atoms with Crippen molar-refractivity contribution in [1.29, 1.82) is 0 Å². The molecule has 2 aliphatic rings. The lowest BCUT2D eigenvalue weighted by Gasteiger charge is -2.40. The predicted octanol–water partition coefficient (Wildman–Crippen LogP) is 3.92. The standard InChI is InChI=1S/C27H34BrClN6O5/c1-27(2,3)40-26(39)35-14-16(15-35)12-31-23(36)17-7-9-34(10-8-17)25(38)19-6-5-18(11-20(19)29)32-24(37)22-30-13-21(28)33(22)4/h5-6,11,13,16-17H,7-10,12,14-15H2,1-4H3,(H,31,36)(H,32,37). The van der Waals surface area contributed by atoms with Gasteiger partial charge in [0.05, 0.1) is 16.8 Å². The number of carbonyl (C=O) groups is 4. The molecule has 40 heavy (non-hydrogen) atoms. The minimum Gasteiger partial charge on any atom is -0.444 e. The zero-order chi connectivity index (χ0) is 29.2. The van der Waals surface area contributed by atoms with Gasteiger partial charge in [-0.25, -0.2) is 9.78 Å².